The average molecular weight is 209 g/mol. The second-order valence-corrected chi connectivity index (χ2v) is 4.93. The molecule has 0 unspecified atom stereocenters. The Labute approximate surface area is 88.7 Å². The van der Waals surface area contributed by atoms with Gasteiger partial charge in [0.25, 0.3) is 0 Å². The first-order valence-electron chi connectivity index (χ1n) is 4.94. The van der Waals surface area contributed by atoms with Crippen molar-refractivity contribution in [2.75, 3.05) is 13.1 Å². The fourth-order valence-corrected chi connectivity index (χ4v) is 2.75. The highest BCUT2D eigenvalue weighted by atomic mass is 32.2. The van der Waals surface area contributed by atoms with Crippen molar-refractivity contribution in [2.45, 2.75) is 30.7 Å². The molecule has 1 aliphatic rings. The monoisotopic (exact) mass is 209 g/mol. The maximum absolute atomic E-state index is 4.42. The zero-order valence-corrected chi connectivity index (χ0v) is 9.40. The number of rotatable bonds is 2. The summed E-state index contributed by atoms with van der Waals surface area (Å²) in [5, 5.41) is 4.92. The Kier molecular flexibility index (Phi) is 3.03. The SMILES string of the molecule is Cc1cc(C)nc(S[C@H]2CCNC2)n1. The van der Waals surface area contributed by atoms with Crippen LogP contribution in [-0.2, 0) is 0 Å². The second-order valence-electron chi connectivity index (χ2n) is 3.67. The quantitative estimate of drug-likeness (QED) is 0.750. The van der Waals surface area contributed by atoms with Crippen LogP contribution in [0.15, 0.2) is 11.2 Å². The molecule has 2 heterocycles. The van der Waals surface area contributed by atoms with Gasteiger partial charge in [0.2, 0.25) is 0 Å². The van der Waals surface area contributed by atoms with E-state index in [4.69, 9.17) is 0 Å². The number of nitrogens with zero attached hydrogens (tertiary/aromatic N) is 2. The molecule has 2 rings (SSSR count). The van der Waals surface area contributed by atoms with Crippen molar-refractivity contribution in [1.82, 2.24) is 15.3 Å². The molecule has 1 fully saturated rings. The minimum Gasteiger partial charge on any atom is -0.316 e. The number of hydrogen-bond acceptors (Lipinski definition) is 4. The highest BCUT2D eigenvalue weighted by Gasteiger charge is 2.17. The van der Waals surface area contributed by atoms with Gasteiger partial charge in [-0.1, -0.05) is 11.8 Å². The number of thioether (sulfide) groups is 1. The van der Waals surface area contributed by atoms with Gasteiger partial charge >= 0.3 is 0 Å². The van der Waals surface area contributed by atoms with Crippen LogP contribution in [0.5, 0.6) is 0 Å². The van der Waals surface area contributed by atoms with Crippen molar-refractivity contribution in [2.24, 2.45) is 0 Å². The van der Waals surface area contributed by atoms with Crippen LogP contribution in [0.2, 0.25) is 0 Å². The van der Waals surface area contributed by atoms with Crippen molar-refractivity contribution in [3.63, 3.8) is 0 Å². The van der Waals surface area contributed by atoms with E-state index in [1.807, 2.05) is 19.9 Å². The number of nitrogens with one attached hydrogen (secondary N) is 1. The zero-order valence-electron chi connectivity index (χ0n) is 8.58. The number of aromatic nitrogens is 2. The molecule has 0 amide bonds. The van der Waals surface area contributed by atoms with Crippen molar-refractivity contribution < 1.29 is 0 Å². The van der Waals surface area contributed by atoms with Gasteiger partial charge < -0.3 is 5.32 Å². The van der Waals surface area contributed by atoms with Gasteiger partial charge in [-0.05, 0) is 32.9 Å². The lowest BCUT2D eigenvalue weighted by Crippen LogP contribution is -2.10. The Hall–Kier alpha value is -0.610. The summed E-state index contributed by atoms with van der Waals surface area (Å²) in [6.07, 6.45) is 1.22. The topological polar surface area (TPSA) is 37.8 Å². The molecule has 1 aliphatic heterocycles. The van der Waals surface area contributed by atoms with Crippen LogP contribution >= 0.6 is 11.8 Å². The Morgan fingerprint density at radius 2 is 2.07 bits per heavy atom. The Morgan fingerprint density at radius 3 is 2.64 bits per heavy atom. The molecule has 0 radical (unpaired) electrons. The Balaban J connectivity index is 2.07. The highest BCUT2D eigenvalue weighted by molar-refractivity contribution is 7.99. The van der Waals surface area contributed by atoms with Crippen LogP contribution in [-0.4, -0.2) is 28.3 Å². The normalized spacial score (nSPS) is 21.4. The summed E-state index contributed by atoms with van der Waals surface area (Å²) in [6, 6.07) is 2.01. The van der Waals surface area contributed by atoms with E-state index in [0.29, 0.717) is 5.25 Å². The van der Waals surface area contributed by atoms with Crippen LogP contribution in [0.4, 0.5) is 0 Å². The fourth-order valence-electron chi connectivity index (χ4n) is 1.62. The molecule has 3 nitrogen and oxygen atoms in total. The first-order chi connectivity index (χ1) is 6.74. The van der Waals surface area contributed by atoms with E-state index >= 15 is 0 Å². The maximum Gasteiger partial charge on any atom is 0.188 e. The summed E-state index contributed by atoms with van der Waals surface area (Å²) in [5.74, 6) is 0. The van der Waals surface area contributed by atoms with Gasteiger partial charge in [-0.2, -0.15) is 0 Å². The van der Waals surface area contributed by atoms with Gasteiger partial charge in [0.05, 0.1) is 0 Å². The molecule has 0 saturated carbocycles. The first kappa shape index (κ1) is 9.93. The predicted molar refractivity (Wildman–Crippen MR) is 58.6 cm³/mol. The van der Waals surface area contributed by atoms with Gasteiger partial charge in [0, 0.05) is 23.2 Å². The van der Waals surface area contributed by atoms with Gasteiger partial charge in [0.15, 0.2) is 5.16 Å². The Bertz CT molecular complexity index is 301. The van der Waals surface area contributed by atoms with Crippen LogP contribution in [0.3, 0.4) is 0 Å². The first-order valence-corrected chi connectivity index (χ1v) is 5.81. The van der Waals surface area contributed by atoms with Gasteiger partial charge in [-0.15, -0.1) is 0 Å². The summed E-state index contributed by atoms with van der Waals surface area (Å²) in [7, 11) is 0. The van der Waals surface area contributed by atoms with E-state index in [1.165, 1.54) is 6.42 Å². The smallest absolute Gasteiger partial charge is 0.188 e. The van der Waals surface area contributed by atoms with Crippen molar-refractivity contribution in [3.05, 3.63) is 17.5 Å². The summed E-state index contributed by atoms with van der Waals surface area (Å²) in [6.45, 7) is 6.25. The van der Waals surface area contributed by atoms with Gasteiger partial charge in [-0.25, -0.2) is 9.97 Å². The lowest BCUT2D eigenvalue weighted by molar-refractivity contribution is 0.856. The van der Waals surface area contributed by atoms with E-state index < -0.39 is 0 Å². The van der Waals surface area contributed by atoms with Crippen LogP contribution in [0, 0.1) is 13.8 Å². The van der Waals surface area contributed by atoms with Gasteiger partial charge in [-0.3, -0.25) is 0 Å². The molecule has 0 aliphatic carbocycles. The second kappa shape index (κ2) is 4.28. The minimum atomic E-state index is 0.649. The molecule has 0 spiro atoms. The highest BCUT2D eigenvalue weighted by Crippen LogP contribution is 2.24. The number of aryl methyl sites for hydroxylation is 2. The van der Waals surface area contributed by atoms with Crippen molar-refractivity contribution >= 4 is 11.8 Å². The molecule has 76 valence electrons. The molecule has 0 aromatic carbocycles. The maximum atomic E-state index is 4.42. The van der Waals surface area contributed by atoms with E-state index in [9.17, 15) is 0 Å². The van der Waals surface area contributed by atoms with Crippen molar-refractivity contribution in [1.29, 1.82) is 0 Å². The van der Waals surface area contributed by atoms with E-state index in [1.54, 1.807) is 11.8 Å². The molecule has 0 bridgehead atoms. The zero-order chi connectivity index (χ0) is 9.97. The van der Waals surface area contributed by atoms with Crippen LogP contribution in [0.1, 0.15) is 17.8 Å². The van der Waals surface area contributed by atoms with E-state index in [0.717, 1.165) is 29.6 Å². The van der Waals surface area contributed by atoms with Crippen LogP contribution in [0.25, 0.3) is 0 Å². The third kappa shape index (κ3) is 2.45. The lowest BCUT2D eigenvalue weighted by atomic mass is 10.4. The minimum absolute atomic E-state index is 0.649. The van der Waals surface area contributed by atoms with E-state index in [-0.39, 0.29) is 0 Å². The third-order valence-electron chi connectivity index (χ3n) is 2.25. The summed E-state index contributed by atoms with van der Waals surface area (Å²) in [4.78, 5) is 8.84. The standard InChI is InChI=1S/C10H15N3S/c1-7-5-8(2)13-10(12-7)14-9-3-4-11-6-9/h5,9,11H,3-4,6H2,1-2H3/t9-/m0/s1. The summed E-state index contributed by atoms with van der Waals surface area (Å²) < 4.78 is 0. The Morgan fingerprint density at radius 1 is 1.36 bits per heavy atom. The predicted octanol–water partition coefficient (Wildman–Crippen LogP) is 1.55. The molecule has 14 heavy (non-hydrogen) atoms. The third-order valence-corrected chi connectivity index (χ3v) is 3.38. The average Bonchev–Trinajstić information content (AvgIpc) is 2.54. The van der Waals surface area contributed by atoms with Gasteiger partial charge in [0.1, 0.15) is 0 Å². The molecule has 1 N–H and O–H groups in total. The molecule has 1 aromatic heterocycles. The van der Waals surface area contributed by atoms with E-state index in [2.05, 4.69) is 15.3 Å². The number of hydrogen-bond donors (Lipinski definition) is 1. The molecule has 1 aromatic rings. The molecule has 1 saturated heterocycles. The van der Waals surface area contributed by atoms with Crippen LogP contribution < -0.4 is 5.32 Å². The van der Waals surface area contributed by atoms with Crippen molar-refractivity contribution in [3.8, 4) is 0 Å². The molecular formula is C10H15N3S. The molecule has 4 heteroatoms. The molecular weight excluding hydrogens is 194 g/mol. The summed E-state index contributed by atoms with van der Waals surface area (Å²) >= 11 is 1.79. The fraction of sp³-hybridized carbons (Fsp3) is 0.600. The molecule has 1 atom stereocenters. The lowest BCUT2D eigenvalue weighted by Gasteiger charge is -2.07. The largest absolute Gasteiger partial charge is 0.316 e. The summed E-state index contributed by atoms with van der Waals surface area (Å²) in [5.41, 5.74) is 2.12.